The third-order valence-corrected chi connectivity index (χ3v) is 5.73. The summed E-state index contributed by atoms with van der Waals surface area (Å²) in [7, 11) is 1.32. The number of hydrogen-bond acceptors (Lipinski definition) is 6. The van der Waals surface area contributed by atoms with Crippen molar-refractivity contribution >= 4 is 38.3 Å². The summed E-state index contributed by atoms with van der Waals surface area (Å²) in [4.78, 5) is 19.5. The molecule has 0 unspecified atom stereocenters. The van der Waals surface area contributed by atoms with Crippen LogP contribution in [0.1, 0.15) is 23.2 Å². The molecule has 0 saturated carbocycles. The van der Waals surface area contributed by atoms with Crippen molar-refractivity contribution in [2.45, 2.75) is 19.5 Å². The van der Waals surface area contributed by atoms with Crippen molar-refractivity contribution in [2.24, 2.45) is 0 Å². The monoisotopic (exact) mass is 419 g/mol. The lowest BCUT2D eigenvalue weighted by Gasteiger charge is -2.11. The van der Waals surface area contributed by atoms with E-state index in [1.165, 1.54) is 38.2 Å². The van der Waals surface area contributed by atoms with Crippen molar-refractivity contribution in [3.8, 4) is 11.5 Å². The number of carbonyl (C=O) groups is 1. The Balaban J connectivity index is 1.52. The van der Waals surface area contributed by atoms with Crippen LogP contribution in [-0.4, -0.2) is 37.7 Å². The predicted octanol–water partition coefficient (Wildman–Crippen LogP) is 4.76. The molecular formula is C20H19F2N3O3S. The highest BCUT2D eigenvalue weighted by atomic mass is 32.1. The Morgan fingerprint density at radius 3 is 2.69 bits per heavy atom. The topological polar surface area (TPSA) is 63.7 Å². The molecule has 3 aromatic rings. The van der Waals surface area contributed by atoms with E-state index in [-0.39, 0.29) is 23.0 Å². The molecule has 1 N–H and O–H groups in total. The summed E-state index contributed by atoms with van der Waals surface area (Å²) in [5, 5.41) is 3.82. The van der Waals surface area contributed by atoms with Gasteiger partial charge in [-0.1, -0.05) is 11.3 Å². The molecule has 0 atom stereocenters. The highest BCUT2D eigenvalue weighted by molar-refractivity contribution is 7.22. The Morgan fingerprint density at radius 2 is 1.97 bits per heavy atom. The molecule has 0 bridgehead atoms. The van der Waals surface area contributed by atoms with Gasteiger partial charge in [0.1, 0.15) is 0 Å². The van der Waals surface area contributed by atoms with Gasteiger partial charge in [0.2, 0.25) is 0 Å². The number of aromatic nitrogens is 1. The summed E-state index contributed by atoms with van der Waals surface area (Å²) in [5.41, 5.74) is 1.79. The minimum absolute atomic E-state index is 0.0612. The first kappa shape index (κ1) is 19.4. The first-order chi connectivity index (χ1) is 14.0. The number of alkyl halides is 2. The van der Waals surface area contributed by atoms with Gasteiger partial charge in [-0.2, -0.15) is 8.78 Å². The molecule has 152 valence electrons. The number of ether oxygens (including phenoxy) is 2. The zero-order valence-corrected chi connectivity index (χ0v) is 16.5. The van der Waals surface area contributed by atoms with Gasteiger partial charge >= 0.3 is 6.61 Å². The summed E-state index contributed by atoms with van der Waals surface area (Å²) < 4.78 is 35.3. The van der Waals surface area contributed by atoms with Crippen LogP contribution >= 0.6 is 11.3 Å². The molecule has 1 aromatic heterocycles. The summed E-state index contributed by atoms with van der Waals surface area (Å²) in [6.07, 6.45) is 2.36. The molecule has 1 aliphatic rings. The van der Waals surface area contributed by atoms with E-state index in [0.717, 1.165) is 28.4 Å². The fraction of sp³-hybridized carbons (Fsp3) is 0.300. The van der Waals surface area contributed by atoms with Gasteiger partial charge in [-0.3, -0.25) is 4.79 Å². The molecule has 2 aromatic carbocycles. The summed E-state index contributed by atoms with van der Waals surface area (Å²) in [5.74, 6) is -0.443. The highest BCUT2D eigenvalue weighted by Crippen LogP contribution is 2.33. The molecule has 29 heavy (non-hydrogen) atoms. The first-order valence-electron chi connectivity index (χ1n) is 9.13. The molecule has 1 fully saturated rings. The maximum atomic E-state index is 12.6. The van der Waals surface area contributed by atoms with Gasteiger partial charge in [-0.25, -0.2) is 4.98 Å². The van der Waals surface area contributed by atoms with E-state index >= 15 is 0 Å². The van der Waals surface area contributed by atoms with E-state index in [0.29, 0.717) is 5.69 Å². The van der Waals surface area contributed by atoms with Gasteiger partial charge in [-0.15, -0.1) is 0 Å². The second-order valence-corrected chi connectivity index (χ2v) is 7.58. The number of thiazole rings is 1. The molecule has 0 aliphatic carbocycles. The summed E-state index contributed by atoms with van der Waals surface area (Å²) in [6, 6.07) is 9.61. The Morgan fingerprint density at radius 1 is 1.17 bits per heavy atom. The minimum Gasteiger partial charge on any atom is -0.493 e. The van der Waals surface area contributed by atoms with Crippen molar-refractivity contribution in [3.05, 3.63) is 42.0 Å². The van der Waals surface area contributed by atoms with Crippen molar-refractivity contribution in [1.82, 2.24) is 4.98 Å². The number of benzene rings is 2. The molecule has 0 radical (unpaired) electrons. The number of halogens is 2. The number of rotatable bonds is 6. The third-order valence-electron chi connectivity index (χ3n) is 4.65. The SMILES string of the molecule is COc1cc(C(=O)Nc2ccc3nc(N4CCCC4)sc3c2)ccc1OC(F)F. The fourth-order valence-corrected chi connectivity index (χ4v) is 4.30. The Hall–Kier alpha value is -2.94. The molecule has 4 rings (SSSR count). The average molecular weight is 419 g/mol. The van der Waals surface area contributed by atoms with Crippen LogP contribution in [0.3, 0.4) is 0 Å². The van der Waals surface area contributed by atoms with Crippen LogP contribution in [0.15, 0.2) is 36.4 Å². The van der Waals surface area contributed by atoms with Crippen molar-refractivity contribution < 1.29 is 23.0 Å². The second kappa shape index (κ2) is 8.20. The van der Waals surface area contributed by atoms with Gasteiger partial charge in [0.25, 0.3) is 5.91 Å². The number of anilines is 2. The van der Waals surface area contributed by atoms with Crippen molar-refractivity contribution in [2.75, 3.05) is 30.4 Å². The lowest BCUT2D eigenvalue weighted by Crippen LogP contribution is -2.16. The van der Waals surface area contributed by atoms with Crippen LogP contribution in [0.5, 0.6) is 11.5 Å². The second-order valence-electron chi connectivity index (χ2n) is 6.57. The molecular weight excluding hydrogens is 400 g/mol. The number of nitrogens with one attached hydrogen (secondary N) is 1. The van der Waals surface area contributed by atoms with E-state index in [4.69, 9.17) is 4.74 Å². The Bertz CT molecular complexity index is 1030. The quantitative estimate of drug-likeness (QED) is 0.624. The van der Waals surface area contributed by atoms with E-state index in [9.17, 15) is 13.6 Å². The Kier molecular flexibility index (Phi) is 5.48. The third kappa shape index (κ3) is 4.24. The maximum Gasteiger partial charge on any atom is 0.387 e. The summed E-state index contributed by atoms with van der Waals surface area (Å²) in [6.45, 7) is -0.923. The standard InChI is InChI=1S/C20H19F2N3O3S/c1-27-16-10-12(4-7-15(16)28-19(21)22)18(26)23-13-5-6-14-17(11-13)29-20(24-14)25-8-2-3-9-25/h4-7,10-11,19H,2-3,8-9H2,1H3,(H,23,26). The number of hydrogen-bond donors (Lipinski definition) is 1. The van der Waals surface area contributed by atoms with Crippen molar-refractivity contribution in [1.29, 1.82) is 0 Å². The number of amides is 1. The van der Waals surface area contributed by atoms with Gasteiger partial charge in [0, 0.05) is 24.3 Å². The summed E-state index contributed by atoms with van der Waals surface area (Å²) >= 11 is 1.60. The zero-order valence-electron chi connectivity index (χ0n) is 15.7. The molecule has 0 spiro atoms. The van der Waals surface area contributed by atoms with Gasteiger partial charge in [0.15, 0.2) is 16.6 Å². The minimum atomic E-state index is -2.97. The molecule has 1 saturated heterocycles. The van der Waals surface area contributed by atoms with Crippen LogP contribution in [0.4, 0.5) is 19.6 Å². The molecule has 1 amide bonds. The number of nitrogens with zero attached hydrogens (tertiary/aromatic N) is 2. The molecule has 9 heteroatoms. The lowest BCUT2D eigenvalue weighted by molar-refractivity contribution is -0.0512. The van der Waals surface area contributed by atoms with Crippen molar-refractivity contribution in [3.63, 3.8) is 0 Å². The zero-order chi connectivity index (χ0) is 20.4. The molecule has 6 nitrogen and oxygen atoms in total. The van der Waals surface area contributed by atoms with Gasteiger partial charge < -0.3 is 19.7 Å². The average Bonchev–Trinajstić information content (AvgIpc) is 3.37. The van der Waals surface area contributed by atoms with E-state index in [1.54, 1.807) is 17.4 Å². The van der Waals surface area contributed by atoms with E-state index in [1.807, 2.05) is 12.1 Å². The smallest absolute Gasteiger partial charge is 0.387 e. The van der Waals surface area contributed by atoms with Crippen LogP contribution in [0, 0.1) is 0 Å². The number of fused-ring (bicyclic) bond motifs is 1. The van der Waals surface area contributed by atoms with Gasteiger partial charge in [-0.05, 0) is 49.2 Å². The Labute approximate surface area is 170 Å². The van der Waals surface area contributed by atoms with Crippen LogP contribution < -0.4 is 19.7 Å². The molecule has 2 heterocycles. The predicted molar refractivity (Wildman–Crippen MR) is 109 cm³/mol. The van der Waals surface area contributed by atoms with Crippen LogP contribution in [-0.2, 0) is 0 Å². The number of methoxy groups -OCH3 is 1. The number of carbonyl (C=O) groups excluding carboxylic acids is 1. The largest absolute Gasteiger partial charge is 0.493 e. The highest BCUT2D eigenvalue weighted by Gasteiger charge is 2.17. The lowest BCUT2D eigenvalue weighted by atomic mass is 10.2. The van der Waals surface area contributed by atoms with Crippen LogP contribution in [0.25, 0.3) is 10.2 Å². The van der Waals surface area contributed by atoms with E-state index in [2.05, 4.69) is 19.9 Å². The molecule has 1 aliphatic heterocycles. The maximum absolute atomic E-state index is 12.6. The van der Waals surface area contributed by atoms with Crippen LogP contribution in [0.2, 0.25) is 0 Å². The first-order valence-corrected chi connectivity index (χ1v) is 9.95. The normalized spacial score (nSPS) is 13.9. The fourth-order valence-electron chi connectivity index (χ4n) is 3.24. The van der Waals surface area contributed by atoms with Gasteiger partial charge in [0.05, 0.1) is 17.3 Å². The van der Waals surface area contributed by atoms with E-state index < -0.39 is 6.61 Å².